The second-order valence-electron chi connectivity index (χ2n) is 6.59. The van der Waals surface area contributed by atoms with Crippen LogP contribution in [0.1, 0.15) is 0 Å². The Bertz CT molecular complexity index is 1130. The van der Waals surface area contributed by atoms with Crippen LogP contribution in [-0.2, 0) is 0 Å². The molecule has 0 saturated heterocycles. The predicted molar refractivity (Wildman–Crippen MR) is 135 cm³/mol. The number of hydrogen-bond donors (Lipinski definition) is 2. The molecule has 0 atom stereocenters. The average molecular weight is 431 g/mol. The summed E-state index contributed by atoms with van der Waals surface area (Å²) in [6, 6.07) is 28.5. The molecule has 30 heavy (non-hydrogen) atoms. The fourth-order valence-electron chi connectivity index (χ4n) is 3.21. The Balaban J connectivity index is 1.35. The largest absolute Gasteiger partial charge is 0.378 e. The fraction of sp³-hybridized carbons (Fsp3) is 0.0833. The van der Waals surface area contributed by atoms with Gasteiger partial charge >= 0.3 is 0 Å². The van der Waals surface area contributed by atoms with Crippen LogP contribution in [-0.4, -0.2) is 21.8 Å². The van der Waals surface area contributed by atoms with E-state index in [1.807, 2.05) is 48.5 Å². The third-order valence-corrected chi connectivity index (χ3v) is 6.43. The number of aliphatic imine (C=N–C) groups is 2. The first-order chi connectivity index (χ1) is 14.7. The predicted octanol–water partition coefficient (Wildman–Crippen LogP) is 6.05. The highest BCUT2D eigenvalue weighted by atomic mass is 32.2. The van der Waals surface area contributed by atoms with Crippen molar-refractivity contribution in [3.8, 4) is 0 Å². The highest BCUT2D eigenvalue weighted by molar-refractivity contribution is 8.17. The number of hydrogen-bond acceptors (Lipinski definition) is 4. The topological polar surface area (TPSA) is 76.8 Å². The van der Waals surface area contributed by atoms with E-state index in [-0.39, 0.29) is 0 Å². The van der Waals surface area contributed by atoms with Crippen molar-refractivity contribution in [2.75, 3.05) is 11.5 Å². The molecule has 0 aromatic heterocycles. The van der Waals surface area contributed by atoms with Crippen molar-refractivity contribution in [3.05, 3.63) is 84.9 Å². The summed E-state index contributed by atoms with van der Waals surface area (Å²) in [5.41, 5.74) is 14.1. The van der Waals surface area contributed by atoms with Gasteiger partial charge in [-0.15, -0.1) is 0 Å². The summed E-state index contributed by atoms with van der Waals surface area (Å²) in [6.07, 6.45) is 0. The van der Waals surface area contributed by atoms with Gasteiger partial charge in [-0.1, -0.05) is 96.3 Å². The Labute approximate surface area is 184 Å². The molecular formula is C24H22N4S2. The van der Waals surface area contributed by atoms with E-state index in [9.17, 15) is 0 Å². The van der Waals surface area contributed by atoms with E-state index in [1.165, 1.54) is 23.5 Å². The van der Waals surface area contributed by atoms with E-state index in [0.717, 1.165) is 44.4 Å². The van der Waals surface area contributed by atoms with Gasteiger partial charge in [0.2, 0.25) is 0 Å². The molecule has 150 valence electrons. The second kappa shape index (κ2) is 9.69. The van der Waals surface area contributed by atoms with E-state index >= 15 is 0 Å². The van der Waals surface area contributed by atoms with Crippen molar-refractivity contribution in [1.29, 1.82) is 0 Å². The number of thioether (sulfide) groups is 2. The average Bonchev–Trinajstić information content (AvgIpc) is 2.77. The molecule has 0 amide bonds. The minimum Gasteiger partial charge on any atom is -0.378 e. The van der Waals surface area contributed by atoms with E-state index in [4.69, 9.17) is 11.5 Å². The van der Waals surface area contributed by atoms with Gasteiger partial charge in [-0.25, -0.2) is 9.98 Å². The summed E-state index contributed by atoms with van der Waals surface area (Å²) in [7, 11) is 0. The Morgan fingerprint density at radius 2 is 0.967 bits per heavy atom. The molecule has 0 fully saturated rings. The lowest BCUT2D eigenvalue weighted by molar-refractivity contribution is 1.52. The SMILES string of the molecule is NC(=Nc1cccc2ccccc12)SCCSC(N)=Nc1cccc2ccccc12. The molecule has 0 radical (unpaired) electrons. The van der Waals surface area contributed by atoms with Gasteiger partial charge in [0.15, 0.2) is 10.3 Å². The Hall–Kier alpha value is -2.96. The Morgan fingerprint density at radius 1 is 0.567 bits per heavy atom. The van der Waals surface area contributed by atoms with Crippen LogP contribution in [0.2, 0.25) is 0 Å². The number of fused-ring (bicyclic) bond motifs is 2. The van der Waals surface area contributed by atoms with E-state index < -0.39 is 0 Å². The first-order valence-electron chi connectivity index (χ1n) is 9.60. The maximum absolute atomic E-state index is 6.14. The molecule has 0 spiro atoms. The zero-order valence-corrected chi connectivity index (χ0v) is 18.0. The van der Waals surface area contributed by atoms with E-state index in [0.29, 0.717) is 10.3 Å². The van der Waals surface area contributed by atoms with Crippen molar-refractivity contribution in [2.24, 2.45) is 21.5 Å². The maximum Gasteiger partial charge on any atom is 0.159 e. The van der Waals surface area contributed by atoms with Crippen LogP contribution in [0.4, 0.5) is 11.4 Å². The monoisotopic (exact) mass is 430 g/mol. The van der Waals surface area contributed by atoms with Crippen LogP contribution >= 0.6 is 23.5 Å². The van der Waals surface area contributed by atoms with Crippen molar-refractivity contribution < 1.29 is 0 Å². The molecule has 4 N–H and O–H groups in total. The molecular weight excluding hydrogens is 408 g/mol. The smallest absolute Gasteiger partial charge is 0.159 e. The molecule has 0 saturated carbocycles. The summed E-state index contributed by atoms with van der Waals surface area (Å²) < 4.78 is 0. The van der Waals surface area contributed by atoms with Crippen molar-refractivity contribution in [3.63, 3.8) is 0 Å². The summed E-state index contributed by atoms with van der Waals surface area (Å²) in [5.74, 6) is 1.60. The number of rotatable bonds is 5. The van der Waals surface area contributed by atoms with Crippen LogP contribution in [0.25, 0.3) is 21.5 Å². The molecule has 0 aliphatic rings. The van der Waals surface area contributed by atoms with Crippen LogP contribution in [0.15, 0.2) is 94.9 Å². The first-order valence-corrected chi connectivity index (χ1v) is 11.6. The van der Waals surface area contributed by atoms with Gasteiger partial charge < -0.3 is 11.5 Å². The molecule has 4 aromatic rings. The van der Waals surface area contributed by atoms with Gasteiger partial charge in [-0.3, -0.25) is 0 Å². The van der Waals surface area contributed by atoms with Gasteiger partial charge in [0.25, 0.3) is 0 Å². The van der Waals surface area contributed by atoms with Crippen molar-refractivity contribution in [2.45, 2.75) is 0 Å². The fourth-order valence-corrected chi connectivity index (χ4v) is 4.62. The number of nitrogens with zero attached hydrogens (tertiary/aromatic N) is 2. The third-order valence-electron chi connectivity index (χ3n) is 4.58. The molecule has 4 nitrogen and oxygen atoms in total. The number of amidine groups is 2. The molecule has 0 aliphatic heterocycles. The molecule has 4 rings (SSSR count). The third kappa shape index (κ3) is 4.96. The zero-order chi connectivity index (χ0) is 20.8. The van der Waals surface area contributed by atoms with Gasteiger partial charge in [0.1, 0.15) is 0 Å². The lowest BCUT2D eigenvalue weighted by Crippen LogP contribution is -2.10. The molecule has 0 aliphatic carbocycles. The highest BCUT2D eigenvalue weighted by Crippen LogP contribution is 2.27. The van der Waals surface area contributed by atoms with E-state index in [2.05, 4.69) is 46.4 Å². The minimum atomic E-state index is 0.552. The highest BCUT2D eigenvalue weighted by Gasteiger charge is 2.03. The Kier molecular flexibility index (Phi) is 6.57. The van der Waals surface area contributed by atoms with Gasteiger partial charge in [-0.05, 0) is 22.9 Å². The summed E-state index contributed by atoms with van der Waals surface area (Å²) in [6.45, 7) is 0. The summed E-state index contributed by atoms with van der Waals surface area (Å²) in [5, 5.41) is 5.62. The van der Waals surface area contributed by atoms with Gasteiger partial charge in [-0.2, -0.15) is 0 Å². The molecule has 6 heteroatoms. The van der Waals surface area contributed by atoms with Gasteiger partial charge in [0.05, 0.1) is 11.4 Å². The van der Waals surface area contributed by atoms with Crippen molar-refractivity contribution in [1.82, 2.24) is 0 Å². The summed E-state index contributed by atoms with van der Waals surface area (Å²) in [4.78, 5) is 9.18. The maximum atomic E-state index is 6.14. The number of nitrogens with two attached hydrogens (primary N) is 2. The second-order valence-corrected chi connectivity index (χ2v) is 8.82. The van der Waals surface area contributed by atoms with E-state index in [1.54, 1.807) is 0 Å². The Morgan fingerprint density at radius 3 is 1.43 bits per heavy atom. The standard InChI is InChI=1S/C24H22N4S2/c25-23(27-21-13-5-9-17-7-1-3-11-19(17)21)29-15-16-30-24(26)28-22-14-6-10-18-8-2-4-12-20(18)22/h1-14H,15-16H2,(H2,25,27)(H2,26,28). The minimum absolute atomic E-state index is 0.552. The molecule has 0 bridgehead atoms. The lowest BCUT2D eigenvalue weighted by atomic mass is 10.1. The quantitative estimate of drug-likeness (QED) is 0.229. The zero-order valence-electron chi connectivity index (χ0n) is 16.4. The lowest BCUT2D eigenvalue weighted by Gasteiger charge is -2.05. The molecule has 4 aromatic carbocycles. The van der Waals surface area contributed by atoms with Crippen LogP contribution < -0.4 is 11.5 Å². The molecule has 0 unspecified atom stereocenters. The van der Waals surface area contributed by atoms with Crippen LogP contribution in [0.5, 0.6) is 0 Å². The molecule has 0 heterocycles. The first kappa shape index (κ1) is 20.3. The number of benzene rings is 4. The van der Waals surface area contributed by atoms with Gasteiger partial charge in [0, 0.05) is 22.3 Å². The van der Waals surface area contributed by atoms with Crippen molar-refractivity contribution >= 4 is 66.8 Å². The van der Waals surface area contributed by atoms with Crippen LogP contribution in [0, 0.1) is 0 Å². The van der Waals surface area contributed by atoms with Crippen LogP contribution in [0.3, 0.4) is 0 Å². The summed E-state index contributed by atoms with van der Waals surface area (Å²) >= 11 is 3.05. The normalized spacial score (nSPS) is 12.5.